The van der Waals surface area contributed by atoms with Crippen molar-refractivity contribution in [2.45, 2.75) is 25.8 Å². The Morgan fingerprint density at radius 2 is 2.26 bits per heavy atom. The molecule has 1 fully saturated rings. The minimum atomic E-state index is -0.232. The zero-order chi connectivity index (χ0) is 14.0. The molecule has 0 saturated carbocycles. The van der Waals surface area contributed by atoms with Gasteiger partial charge in [-0.25, -0.2) is 0 Å². The predicted molar refractivity (Wildman–Crippen MR) is 77.6 cm³/mol. The molecule has 0 aromatic heterocycles. The smallest absolute Gasteiger partial charge is 0.222 e. The number of hydrogen-bond donors (Lipinski definition) is 1. The molecule has 5 heteroatoms. The highest BCUT2D eigenvalue weighted by Gasteiger charge is 2.28. The molecule has 100 valence electrons. The standard InChI is InChI=1S/C14H16BrN3O/c1-9-2-3-11(14(17)19)8-18(9)12-5-4-10(7-16)13(15)6-12/h4-6,9,11H,2-3,8H2,1H3,(H2,17,19). The summed E-state index contributed by atoms with van der Waals surface area (Å²) in [5.74, 6) is -0.324. The monoisotopic (exact) mass is 321 g/mol. The lowest BCUT2D eigenvalue weighted by atomic mass is 9.92. The van der Waals surface area contributed by atoms with Crippen molar-refractivity contribution in [2.24, 2.45) is 11.7 Å². The molecule has 2 unspecified atom stereocenters. The zero-order valence-corrected chi connectivity index (χ0v) is 12.4. The second-order valence-electron chi connectivity index (χ2n) is 4.95. The Morgan fingerprint density at radius 1 is 1.53 bits per heavy atom. The van der Waals surface area contributed by atoms with E-state index in [9.17, 15) is 4.79 Å². The van der Waals surface area contributed by atoms with E-state index in [2.05, 4.69) is 33.8 Å². The number of anilines is 1. The van der Waals surface area contributed by atoms with Gasteiger partial charge in [-0.2, -0.15) is 5.26 Å². The van der Waals surface area contributed by atoms with E-state index in [1.807, 2.05) is 12.1 Å². The third-order valence-corrected chi connectivity index (χ3v) is 4.35. The topological polar surface area (TPSA) is 70.1 Å². The first-order valence-corrected chi connectivity index (χ1v) is 7.08. The Balaban J connectivity index is 2.26. The van der Waals surface area contributed by atoms with Gasteiger partial charge in [0.25, 0.3) is 0 Å². The van der Waals surface area contributed by atoms with E-state index in [-0.39, 0.29) is 11.8 Å². The molecule has 0 aliphatic carbocycles. The summed E-state index contributed by atoms with van der Waals surface area (Å²) in [6, 6.07) is 8.14. The number of rotatable bonds is 2. The molecule has 0 spiro atoms. The van der Waals surface area contributed by atoms with Crippen LogP contribution in [0.25, 0.3) is 0 Å². The van der Waals surface area contributed by atoms with Crippen LogP contribution in [0.5, 0.6) is 0 Å². The predicted octanol–water partition coefficient (Wildman–Crippen LogP) is 2.41. The van der Waals surface area contributed by atoms with Crippen LogP contribution in [0.3, 0.4) is 0 Å². The maximum absolute atomic E-state index is 11.3. The number of benzene rings is 1. The van der Waals surface area contributed by atoms with Crippen LogP contribution in [-0.4, -0.2) is 18.5 Å². The SMILES string of the molecule is CC1CCC(C(N)=O)CN1c1ccc(C#N)c(Br)c1. The van der Waals surface area contributed by atoms with Crippen LogP contribution >= 0.6 is 15.9 Å². The highest BCUT2D eigenvalue weighted by molar-refractivity contribution is 9.10. The third-order valence-electron chi connectivity index (χ3n) is 3.69. The molecule has 1 amide bonds. The van der Waals surface area contributed by atoms with Gasteiger partial charge >= 0.3 is 0 Å². The first kappa shape index (κ1) is 13.9. The Morgan fingerprint density at radius 3 is 2.84 bits per heavy atom. The fraction of sp³-hybridized carbons (Fsp3) is 0.429. The Hall–Kier alpha value is -1.54. The number of nitriles is 1. The van der Waals surface area contributed by atoms with Crippen molar-refractivity contribution in [3.63, 3.8) is 0 Å². The fourth-order valence-corrected chi connectivity index (χ4v) is 2.93. The molecule has 19 heavy (non-hydrogen) atoms. The van der Waals surface area contributed by atoms with E-state index in [0.29, 0.717) is 18.2 Å². The summed E-state index contributed by atoms with van der Waals surface area (Å²) in [6.07, 6.45) is 1.80. The summed E-state index contributed by atoms with van der Waals surface area (Å²) in [5.41, 5.74) is 7.04. The van der Waals surface area contributed by atoms with E-state index in [0.717, 1.165) is 23.0 Å². The lowest BCUT2D eigenvalue weighted by Gasteiger charge is -2.38. The molecule has 2 N–H and O–H groups in total. The van der Waals surface area contributed by atoms with Gasteiger partial charge in [-0.05, 0) is 53.9 Å². The van der Waals surface area contributed by atoms with Crippen molar-refractivity contribution in [1.82, 2.24) is 0 Å². The summed E-state index contributed by atoms with van der Waals surface area (Å²) in [4.78, 5) is 13.5. The number of hydrogen-bond acceptors (Lipinski definition) is 3. The number of carbonyl (C=O) groups is 1. The molecule has 2 rings (SSSR count). The number of amides is 1. The fourth-order valence-electron chi connectivity index (χ4n) is 2.47. The highest BCUT2D eigenvalue weighted by atomic mass is 79.9. The van der Waals surface area contributed by atoms with Gasteiger partial charge in [0.05, 0.1) is 11.5 Å². The van der Waals surface area contributed by atoms with Gasteiger partial charge in [-0.3, -0.25) is 4.79 Å². The van der Waals surface area contributed by atoms with Crippen LogP contribution in [0.1, 0.15) is 25.3 Å². The zero-order valence-electron chi connectivity index (χ0n) is 10.8. The van der Waals surface area contributed by atoms with E-state index in [4.69, 9.17) is 11.0 Å². The number of piperidine rings is 1. The normalized spacial score (nSPS) is 22.9. The molecule has 1 aliphatic heterocycles. The Bertz CT molecular complexity index is 538. The first-order valence-electron chi connectivity index (χ1n) is 6.28. The summed E-state index contributed by atoms with van der Waals surface area (Å²) in [5, 5.41) is 8.93. The van der Waals surface area contributed by atoms with Crippen molar-refractivity contribution in [3.8, 4) is 6.07 Å². The molecule has 1 aliphatic rings. The molecule has 0 radical (unpaired) electrons. The highest BCUT2D eigenvalue weighted by Crippen LogP contribution is 2.30. The van der Waals surface area contributed by atoms with E-state index in [1.165, 1.54) is 0 Å². The molecule has 4 nitrogen and oxygen atoms in total. The quantitative estimate of drug-likeness (QED) is 0.909. The number of carbonyl (C=O) groups excluding carboxylic acids is 1. The van der Waals surface area contributed by atoms with Gasteiger partial charge in [0, 0.05) is 22.7 Å². The van der Waals surface area contributed by atoms with Crippen LogP contribution in [0.4, 0.5) is 5.69 Å². The summed E-state index contributed by atoms with van der Waals surface area (Å²) >= 11 is 3.40. The number of halogens is 1. The van der Waals surface area contributed by atoms with Gasteiger partial charge in [-0.1, -0.05) is 0 Å². The molecule has 1 saturated heterocycles. The van der Waals surface area contributed by atoms with E-state index >= 15 is 0 Å². The number of primary amides is 1. The lowest BCUT2D eigenvalue weighted by molar-refractivity contribution is -0.122. The van der Waals surface area contributed by atoms with Gasteiger partial charge < -0.3 is 10.6 Å². The lowest BCUT2D eigenvalue weighted by Crippen LogP contribution is -2.45. The van der Waals surface area contributed by atoms with Gasteiger partial charge in [-0.15, -0.1) is 0 Å². The minimum Gasteiger partial charge on any atom is -0.369 e. The maximum atomic E-state index is 11.3. The van der Waals surface area contributed by atoms with E-state index < -0.39 is 0 Å². The summed E-state index contributed by atoms with van der Waals surface area (Å²) in [7, 11) is 0. The van der Waals surface area contributed by atoms with Crippen LogP contribution in [-0.2, 0) is 4.79 Å². The average Bonchev–Trinajstić information content (AvgIpc) is 2.38. The molecular weight excluding hydrogens is 306 g/mol. The summed E-state index contributed by atoms with van der Waals surface area (Å²) in [6.45, 7) is 2.79. The second-order valence-corrected chi connectivity index (χ2v) is 5.81. The summed E-state index contributed by atoms with van der Waals surface area (Å²) < 4.78 is 0.779. The number of nitrogens with zero attached hydrogens (tertiary/aromatic N) is 2. The Labute approximate surface area is 121 Å². The van der Waals surface area contributed by atoms with Crippen molar-refractivity contribution in [2.75, 3.05) is 11.4 Å². The van der Waals surface area contributed by atoms with Gasteiger partial charge in [0.1, 0.15) is 6.07 Å². The van der Waals surface area contributed by atoms with Gasteiger partial charge in [0.2, 0.25) is 5.91 Å². The second kappa shape index (κ2) is 5.62. The maximum Gasteiger partial charge on any atom is 0.222 e. The van der Waals surface area contributed by atoms with Gasteiger partial charge in [0.15, 0.2) is 0 Å². The minimum absolute atomic E-state index is 0.0920. The van der Waals surface area contributed by atoms with Crippen LogP contribution < -0.4 is 10.6 Å². The van der Waals surface area contributed by atoms with Crippen molar-refractivity contribution >= 4 is 27.5 Å². The molecule has 1 aromatic carbocycles. The van der Waals surface area contributed by atoms with Crippen LogP contribution in [0, 0.1) is 17.2 Å². The largest absolute Gasteiger partial charge is 0.369 e. The average molecular weight is 322 g/mol. The van der Waals surface area contributed by atoms with Crippen LogP contribution in [0.2, 0.25) is 0 Å². The van der Waals surface area contributed by atoms with Crippen LogP contribution in [0.15, 0.2) is 22.7 Å². The van der Waals surface area contributed by atoms with E-state index in [1.54, 1.807) is 6.07 Å². The third kappa shape index (κ3) is 2.90. The molecule has 0 bridgehead atoms. The number of nitrogens with two attached hydrogens (primary N) is 1. The molecule has 2 atom stereocenters. The molecular formula is C14H16BrN3O. The van der Waals surface area contributed by atoms with Crippen molar-refractivity contribution in [3.05, 3.63) is 28.2 Å². The molecule has 1 heterocycles. The van der Waals surface area contributed by atoms with Crippen molar-refractivity contribution in [1.29, 1.82) is 5.26 Å². The Kier molecular flexibility index (Phi) is 4.11. The molecule has 1 aromatic rings. The first-order chi connectivity index (χ1) is 9.02. The van der Waals surface area contributed by atoms with Crippen molar-refractivity contribution < 1.29 is 4.79 Å².